The van der Waals surface area contributed by atoms with Crippen molar-refractivity contribution < 1.29 is 0 Å². The van der Waals surface area contributed by atoms with Gasteiger partial charge in [0.25, 0.3) is 0 Å². The van der Waals surface area contributed by atoms with Crippen LogP contribution >= 0.6 is 0 Å². The van der Waals surface area contributed by atoms with Crippen LogP contribution in [0.15, 0.2) is 18.5 Å². The summed E-state index contributed by atoms with van der Waals surface area (Å²) in [6.07, 6.45) is 3.78. The Labute approximate surface area is 106 Å². The Kier molecular flexibility index (Phi) is 3.45. The molecule has 96 valence electrons. The van der Waals surface area contributed by atoms with Crippen molar-refractivity contribution in [2.24, 2.45) is 7.05 Å². The Balaban J connectivity index is 2.09. The summed E-state index contributed by atoms with van der Waals surface area (Å²) in [7, 11) is 1.89. The molecule has 2 aromatic heterocycles. The van der Waals surface area contributed by atoms with Crippen molar-refractivity contribution in [3.8, 4) is 0 Å². The van der Waals surface area contributed by atoms with Crippen LogP contribution in [0, 0.1) is 0 Å². The van der Waals surface area contributed by atoms with Crippen LogP contribution in [0.4, 0.5) is 11.6 Å². The summed E-state index contributed by atoms with van der Waals surface area (Å²) >= 11 is 0. The molecule has 2 rings (SSSR count). The highest BCUT2D eigenvalue weighted by Crippen LogP contribution is 2.15. The largest absolute Gasteiger partial charge is 0.384 e. The molecule has 0 atom stereocenters. The lowest BCUT2D eigenvalue weighted by atomic mass is 10.2. The van der Waals surface area contributed by atoms with Gasteiger partial charge in [0, 0.05) is 37.3 Å². The first-order valence-corrected chi connectivity index (χ1v) is 5.90. The monoisotopic (exact) mass is 246 g/mol. The van der Waals surface area contributed by atoms with Crippen LogP contribution < -0.4 is 11.1 Å². The molecular weight excluding hydrogens is 228 g/mol. The summed E-state index contributed by atoms with van der Waals surface area (Å²) in [5.74, 6) is 2.24. The molecular formula is C12H18N6. The summed E-state index contributed by atoms with van der Waals surface area (Å²) < 4.78 is 1.77. The number of hydrogen-bond acceptors (Lipinski definition) is 5. The molecule has 0 radical (unpaired) electrons. The van der Waals surface area contributed by atoms with Crippen LogP contribution in [0.3, 0.4) is 0 Å². The van der Waals surface area contributed by atoms with Crippen LogP contribution in [-0.4, -0.2) is 19.7 Å². The van der Waals surface area contributed by atoms with Crippen molar-refractivity contribution in [1.82, 2.24) is 19.7 Å². The van der Waals surface area contributed by atoms with E-state index in [0.29, 0.717) is 12.4 Å². The highest BCUT2D eigenvalue weighted by molar-refractivity contribution is 5.45. The average Bonchev–Trinajstić information content (AvgIpc) is 2.72. The molecule has 6 heteroatoms. The standard InChI is InChI=1S/C12H18N6/c1-8(2)12-16-10(13)4-11(17-12)14-5-9-6-15-18(3)7-9/h4,6-8H,5H2,1-3H3,(H3,13,14,16,17). The zero-order chi connectivity index (χ0) is 13.1. The number of aromatic nitrogens is 4. The fourth-order valence-corrected chi connectivity index (χ4v) is 1.59. The minimum Gasteiger partial charge on any atom is -0.384 e. The molecule has 18 heavy (non-hydrogen) atoms. The van der Waals surface area contributed by atoms with Gasteiger partial charge in [0.05, 0.1) is 6.20 Å². The molecule has 0 saturated carbocycles. The SMILES string of the molecule is CC(C)c1nc(N)cc(NCc2cnn(C)c2)n1. The van der Waals surface area contributed by atoms with Crippen LogP contribution in [-0.2, 0) is 13.6 Å². The Hall–Kier alpha value is -2.11. The number of nitrogens with one attached hydrogen (secondary N) is 1. The van der Waals surface area contributed by atoms with Gasteiger partial charge in [-0.2, -0.15) is 5.10 Å². The molecule has 0 amide bonds. The predicted molar refractivity (Wildman–Crippen MR) is 71.1 cm³/mol. The van der Waals surface area contributed by atoms with Crippen molar-refractivity contribution in [1.29, 1.82) is 0 Å². The number of nitrogens with zero attached hydrogens (tertiary/aromatic N) is 4. The van der Waals surface area contributed by atoms with Crippen molar-refractivity contribution in [3.63, 3.8) is 0 Å². The van der Waals surface area contributed by atoms with E-state index in [4.69, 9.17) is 5.73 Å². The fraction of sp³-hybridized carbons (Fsp3) is 0.417. The summed E-state index contributed by atoms with van der Waals surface area (Å²) in [6, 6.07) is 1.74. The number of hydrogen-bond donors (Lipinski definition) is 2. The van der Waals surface area contributed by atoms with Gasteiger partial charge in [-0.05, 0) is 0 Å². The van der Waals surface area contributed by atoms with Crippen LogP contribution in [0.2, 0.25) is 0 Å². The lowest BCUT2D eigenvalue weighted by Gasteiger charge is -2.09. The molecule has 0 unspecified atom stereocenters. The number of anilines is 2. The molecule has 0 aliphatic heterocycles. The molecule has 6 nitrogen and oxygen atoms in total. The normalized spacial score (nSPS) is 10.9. The second-order valence-electron chi connectivity index (χ2n) is 4.57. The Bertz CT molecular complexity index is 531. The molecule has 0 bridgehead atoms. The lowest BCUT2D eigenvalue weighted by Crippen LogP contribution is -2.07. The van der Waals surface area contributed by atoms with Gasteiger partial charge in [-0.25, -0.2) is 9.97 Å². The van der Waals surface area contributed by atoms with Crippen LogP contribution in [0.5, 0.6) is 0 Å². The van der Waals surface area contributed by atoms with E-state index >= 15 is 0 Å². The van der Waals surface area contributed by atoms with Gasteiger partial charge in [0.1, 0.15) is 17.5 Å². The summed E-state index contributed by atoms with van der Waals surface area (Å²) in [6.45, 7) is 4.75. The molecule has 0 aromatic carbocycles. The first-order chi connectivity index (χ1) is 8.54. The second-order valence-corrected chi connectivity index (χ2v) is 4.57. The first-order valence-electron chi connectivity index (χ1n) is 5.90. The molecule has 0 aliphatic carbocycles. The van der Waals surface area contributed by atoms with Crippen LogP contribution in [0.1, 0.15) is 31.2 Å². The first kappa shape index (κ1) is 12.3. The van der Waals surface area contributed by atoms with Crippen molar-refractivity contribution >= 4 is 11.6 Å². The number of aryl methyl sites for hydroxylation is 1. The van der Waals surface area contributed by atoms with E-state index in [-0.39, 0.29) is 5.92 Å². The number of nitrogens with two attached hydrogens (primary N) is 1. The van der Waals surface area contributed by atoms with Gasteiger partial charge >= 0.3 is 0 Å². The lowest BCUT2D eigenvalue weighted by molar-refractivity contribution is 0.767. The van der Waals surface area contributed by atoms with Crippen LogP contribution in [0.25, 0.3) is 0 Å². The number of nitrogen functional groups attached to an aromatic ring is 1. The summed E-state index contributed by atoms with van der Waals surface area (Å²) in [5.41, 5.74) is 6.86. The maximum atomic E-state index is 5.76. The third kappa shape index (κ3) is 2.97. The third-order valence-corrected chi connectivity index (χ3v) is 2.51. The van der Waals surface area contributed by atoms with Crippen molar-refractivity contribution in [2.45, 2.75) is 26.3 Å². The maximum Gasteiger partial charge on any atom is 0.135 e. The topological polar surface area (TPSA) is 81.6 Å². The highest BCUT2D eigenvalue weighted by atomic mass is 15.2. The van der Waals surface area contributed by atoms with Gasteiger partial charge in [-0.1, -0.05) is 13.8 Å². The van der Waals surface area contributed by atoms with E-state index in [0.717, 1.165) is 17.2 Å². The van der Waals surface area contributed by atoms with Crippen molar-refractivity contribution in [2.75, 3.05) is 11.1 Å². The third-order valence-electron chi connectivity index (χ3n) is 2.51. The second kappa shape index (κ2) is 5.03. The van der Waals surface area contributed by atoms with Gasteiger partial charge in [0.2, 0.25) is 0 Å². The molecule has 2 heterocycles. The Morgan fingerprint density at radius 2 is 2.17 bits per heavy atom. The maximum absolute atomic E-state index is 5.76. The Morgan fingerprint density at radius 3 is 2.78 bits per heavy atom. The molecule has 0 aliphatic rings. The smallest absolute Gasteiger partial charge is 0.135 e. The van der Waals surface area contributed by atoms with E-state index < -0.39 is 0 Å². The van der Waals surface area contributed by atoms with Crippen molar-refractivity contribution in [3.05, 3.63) is 29.8 Å². The van der Waals surface area contributed by atoms with Gasteiger partial charge in [0.15, 0.2) is 0 Å². The van der Waals surface area contributed by atoms with E-state index in [1.807, 2.05) is 33.3 Å². The molecule has 0 saturated heterocycles. The van der Waals surface area contributed by atoms with Gasteiger partial charge in [-0.15, -0.1) is 0 Å². The minimum absolute atomic E-state index is 0.257. The van der Waals surface area contributed by atoms with Gasteiger partial charge < -0.3 is 11.1 Å². The zero-order valence-corrected chi connectivity index (χ0v) is 10.9. The predicted octanol–water partition coefficient (Wildman–Crippen LogP) is 1.53. The van der Waals surface area contributed by atoms with E-state index in [2.05, 4.69) is 20.4 Å². The fourth-order valence-electron chi connectivity index (χ4n) is 1.59. The molecule has 3 N–H and O–H groups in total. The molecule has 0 fully saturated rings. The van der Waals surface area contributed by atoms with Gasteiger partial charge in [-0.3, -0.25) is 4.68 Å². The zero-order valence-electron chi connectivity index (χ0n) is 10.9. The summed E-state index contributed by atoms with van der Waals surface area (Å²) in [4.78, 5) is 8.63. The Morgan fingerprint density at radius 1 is 1.39 bits per heavy atom. The molecule has 0 spiro atoms. The molecule has 2 aromatic rings. The summed E-state index contributed by atoms with van der Waals surface area (Å²) in [5, 5.41) is 7.34. The van der Waals surface area contributed by atoms with E-state index in [1.54, 1.807) is 10.7 Å². The number of rotatable bonds is 4. The van der Waals surface area contributed by atoms with E-state index in [1.165, 1.54) is 0 Å². The minimum atomic E-state index is 0.257. The average molecular weight is 246 g/mol. The quantitative estimate of drug-likeness (QED) is 0.855. The highest BCUT2D eigenvalue weighted by Gasteiger charge is 2.06. The van der Waals surface area contributed by atoms with E-state index in [9.17, 15) is 0 Å².